The van der Waals surface area contributed by atoms with Crippen molar-refractivity contribution in [2.75, 3.05) is 0 Å². The molecule has 7 rings (SSSR count). The molecule has 0 bridgehead atoms. The number of fused-ring (bicyclic) bond motifs is 7. The molecule has 4 saturated carbocycles. The van der Waals surface area contributed by atoms with Crippen LogP contribution in [0.4, 0.5) is 0 Å². The molecule has 6 fully saturated rings. The number of aliphatic hydroxyl groups is 5. The lowest BCUT2D eigenvalue weighted by atomic mass is 9.33. The van der Waals surface area contributed by atoms with Crippen LogP contribution in [0.1, 0.15) is 106 Å². The molecule has 19 atom stereocenters. The van der Waals surface area contributed by atoms with Gasteiger partial charge in [0.25, 0.3) is 0 Å². The number of allylic oxidation sites excluding steroid dienone is 2. The maximum Gasteiger partial charge on any atom is 0.335 e. The van der Waals surface area contributed by atoms with Crippen molar-refractivity contribution in [3.8, 4) is 0 Å². The van der Waals surface area contributed by atoms with Crippen molar-refractivity contribution in [3.63, 3.8) is 0 Å². The van der Waals surface area contributed by atoms with Gasteiger partial charge in [-0.15, -0.1) is 0 Å². The normalized spacial score (nSPS) is 52.6. The minimum atomic E-state index is -2.06. The molecule has 2 heterocycles. The van der Waals surface area contributed by atoms with Crippen molar-refractivity contribution in [1.82, 2.24) is 0 Å². The maximum atomic E-state index is 14.8. The van der Waals surface area contributed by atoms with Gasteiger partial charge in [-0.05, 0) is 110 Å². The highest BCUT2D eigenvalue weighted by Gasteiger charge is 2.71. The van der Waals surface area contributed by atoms with E-state index in [0.29, 0.717) is 25.7 Å². The van der Waals surface area contributed by atoms with Gasteiger partial charge in [-0.25, -0.2) is 9.59 Å². The molecule has 0 amide bonds. The molecule has 16 nitrogen and oxygen atoms in total. The fourth-order valence-corrected chi connectivity index (χ4v) is 13.4. The summed E-state index contributed by atoms with van der Waals surface area (Å²) in [5.41, 5.74) is -1.71. The number of carbonyl (C=O) groups is 4. The number of hydrogen-bond acceptors (Lipinski definition) is 13. The Balaban J connectivity index is 1.14. The molecule has 5 aliphatic carbocycles. The van der Waals surface area contributed by atoms with Crippen LogP contribution in [0.2, 0.25) is 0 Å². The summed E-state index contributed by atoms with van der Waals surface area (Å²) in [4.78, 5) is 51.3. The van der Waals surface area contributed by atoms with Gasteiger partial charge in [0.1, 0.15) is 36.6 Å². The van der Waals surface area contributed by atoms with E-state index in [4.69, 9.17) is 18.9 Å². The second-order valence-electron chi connectivity index (χ2n) is 20.6. The molecule has 326 valence electrons. The summed E-state index contributed by atoms with van der Waals surface area (Å²) in [7, 11) is 0. The predicted molar refractivity (Wildman–Crippen MR) is 199 cm³/mol. The van der Waals surface area contributed by atoms with E-state index in [2.05, 4.69) is 27.7 Å². The third-order valence-corrected chi connectivity index (χ3v) is 17.2. The van der Waals surface area contributed by atoms with Crippen molar-refractivity contribution in [2.45, 2.75) is 174 Å². The zero-order valence-corrected chi connectivity index (χ0v) is 34.4. The molecule has 0 spiro atoms. The van der Waals surface area contributed by atoms with Crippen LogP contribution in [0.5, 0.6) is 0 Å². The van der Waals surface area contributed by atoms with Crippen molar-refractivity contribution in [2.24, 2.45) is 50.2 Å². The van der Waals surface area contributed by atoms with Crippen LogP contribution < -0.4 is 0 Å². The highest BCUT2D eigenvalue weighted by molar-refractivity contribution is 5.95. The molecule has 0 aromatic rings. The molecule has 2 saturated heterocycles. The standard InChI is InChI=1S/C42H62O16/c1-37(2)21-8-11-42(7)31(20(43)16-18-19-17-39(4,36(53)54)13-12-38(19,3)14-15-41(18,42)6)40(21,5)10-9-22(37)55-35-27(48)28(26(47)30(58-35)33(51)52)56-34-25(46)23(44)24(45)29(57-34)32(49)50/h16,19,21-31,34-35,44-48H,8-15,17H2,1-7H3,(H,49,50)(H,51,52)(H,53,54)/t19-,21-,22-,23+,24-,25+,26-,27+,28+,29-,30-,31-,34+,35+,38+,39+,40+,41-,42-/m0/s1. The van der Waals surface area contributed by atoms with Crippen LogP contribution in [-0.2, 0) is 38.1 Å². The van der Waals surface area contributed by atoms with Crippen molar-refractivity contribution < 1.29 is 79.0 Å². The van der Waals surface area contributed by atoms with E-state index < -0.39 is 107 Å². The fourth-order valence-electron chi connectivity index (χ4n) is 13.4. The molecule has 0 aromatic heterocycles. The lowest BCUT2D eigenvalue weighted by Crippen LogP contribution is -2.68. The fraction of sp³-hybridized carbons (Fsp3) is 0.857. The van der Waals surface area contributed by atoms with Crippen LogP contribution in [0, 0.1) is 50.2 Å². The zero-order chi connectivity index (χ0) is 42.9. The molecule has 2 aliphatic heterocycles. The van der Waals surface area contributed by atoms with Crippen molar-refractivity contribution in [1.29, 1.82) is 0 Å². The monoisotopic (exact) mass is 822 g/mol. The van der Waals surface area contributed by atoms with E-state index in [9.17, 15) is 60.0 Å². The Kier molecular flexibility index (Phi) is 10.7. The third-order valence-electron chi connectivity index (χ3n) is 17.2. The number of aliphatic hydroxyl groups excluding tert-OH is 5. The van der Waals surface area contributed by atoms with Crippen LogP contribution in [0.15, 0.2) is 11.6 Å². The number of rotatable bonds is 7. The number of carboxylic acids is 3. The number of ketones is 1. The summed E-state index contributed by atoms with van der Waals surface area (Å²) in [6.07, 6.45) is -12.2. The lowest BCUT2D eigenvalue weighted by molar-refractivity contribution is -0.362. The summed E-state index contributed by atoms with van der Waals surface area (Å²) in [6, 6.07) is 0. The SMILES string of the molecule is CC1(C)[C@@H](O[C@@H]2O[C@H](C(=O)O)[C@@H](O)[C@@H](O[C@@H]3O[C@H](C(=O)O)[C@@H](O)[C@@H](O)[C@H]3O)[C@H]2O)CC[C@]2(C)[C@H]1CC[C@@]1(C)[C@H]2C(=O)C=C2[C@@H]3C[C@](C)(C(=O)O)CC[C@]3(C)CC[C@@]21C. The average molecular weight is 823 g/mol. The quantitative estimate of drug-likeness (QED) is 0.171. The van der Waals surface area contributed by atoms with Gasteiger partial charge in [0, 0.05) is 5.92 Å². The molecule has 58 heavy (non-hydrogen) atoms. The third kappa shape index (κ3) is 6.25. The van der Waals surface area contributed by atoms with Crippen LogP contribution in [-0.4, -0.2) is 132 Å². The second kappa shape index (κ2) is 14.3. The molecular weight excluding hydrogens is 760 g/mol. The molecule has 7 aliphatic rings. The van der Waals surface area contributed by atoms with Crippen LogP contribution in [0.25, 0.3) is 0 Å². The van der Waals surface area contributed by atoms with E-state index in [1.807, 2.05) is 26.8 Å². The Morgan fingerprint density at radius 3 is 1.88 bits per heavy atom. The molecule has 0 unspecified atom stereocenters. The molecule has 0 radical (unpaired) electrons. The lowest BCUT2D eigenvalue weighted by Gasteiger charge is -2.70. The van der Waals surface area contributed by atoms with Crippen LogP contribution >= 0.6 is 0 Å². The predicted octanol–water partition coefficient (Wildman–Crippen LogP) is 2.25. The highest BCUT2D eigenvalue weighted by atomic mass is 16.7. The summed E-state index contributed by atoms with van der Waals surface area (Å²) in [5, 5.41) is 83.3. The van der Waals surface area contributed by atoms with Gasteiger partial charge >= 0.3 is 17.9 Å². The minimum Gasteiger partial charge on any atom is -0.481 e. The first-order valence-electron chi connectivity index (χ1n) is 20.7. The smallest absolute Gasteiger partial charge is 0.335 e. The van der Waals surface area contributed by atoms with E-state index >= 15 is 0 Å². The van der Waals surface area contributed by atoms with E-state index in [0.717, 1.165) is 37.7 Å². The van der Waals surface area contributed by atoms with Gasteiger partial charge in [-0.3, -0.25) is 9.59 Å². The number of hydrogen-bond donors (Lipinski definition) is 8. The van der Waals surface area contributed by atoms with Gasteiger partial charge in [-0.1, -0.05) is 47.1 Å². The summed E-state index contributed by atoms with van der Waals surface area (Å²) < 4.78 is 22.9. The first-order chi connectivity index (χ1) is 26.8. The maximum absolute atomic E-state index is 14.8. The second-order valence-corrected chi connectivity index (χ2v) is 20.6. The van der Waals surface area contributed by atoms with Gasteiger partial charge < -0.3 is 59.8 Å². The topological polar surface area (TPSA) is 267 Å². The largest absolute Gasteiger partial charge is 0.481 e. The number of aliphatic carboxylic acids is 3. The number of ether oxygens (including phenoxy) is 4. The highest BCUT2D eigenvalue weighted by Crippen LogP contribution is 2.75. The average Bonchev–Trinajstić information content (AvgIpc) is 3.13. The first kappa shape index (κ1) is 43.5. The van der Waals surface area contributed by atoms with Crippen molar-refractivity contribution in [3.05, 3.63) is 11.6 Å². The summed E-state index contributed by atoms with van der Waals surface area (Å²) in [5.74, 6) is -4.44. The Morgan fingerprint density at radius 1 is 0.690 bits per heavy atom. The Hall–Kier alpha value is -2.54. The number of carbonyl (C=O) groups excluding carboxylic acids is 1. The summed E-state index contributed by atoms with van der Waals surface area (Å²) >= 11 is 0. The Bertz CT molecular complexity index is 1730. The van der Waals surface area contributed by atoms with Crippen LogP contribution in [0.3, 0.4) is 0 Å². The zero-order valence-electron chi connectivity index (χ0n) is 34.4. The Morgan fingerprint density at radius 2 is 1.28 bits per heavy atom. The molecule has 8 N–H and O–H groups in total. The molecular formula is C42H62O16. The first-order valence-corrected chi connectivity index (χ1v) is 20.7. The van der Waals surface area contributed by atoms with E-state index in [1.165, 1.54) is 0 Å². The van der Waals surface area contributed by atoms with E-state index in [-0.39, 0.29) is 34.4 Å². The Labute approximate surface area is 337 Å². The van der Waals surface area contributed by atoms with Crippen molar-refractivity contribution >= 4 is 23.7 Å². The van der Waals surface area contributed by atoms with Gasteiger partial charge in [0.05, 0.1) is 11.5 Å². The van der Waals surface area contributed by atoms with Gasteiger partial charge in [0.2, 0.25) is 0 Å². The molecule has 0 aromatic carbocycles. The number of carboxylic acid groups (broad SMARTS) is 3. The van der Waals surface area contributed by atoms with Gasteiger partial charge in [-0.2, -0.15) is 0 Å². The molecule has 16 heteroatoms. The summed E-state index contributed by atoms with van der Waals surface area (Å²) in [6.45, 7) is 14.9. The van der Waals surface area contributed by atoms with E-state index in [1.54, 1.807) is 0 Å². The van der Waals surface area contributed by atoms with Gasteiger partial charge in [0.15, 0.2) is 30.6 Å². The minimum absolute atomic E-state index is 0.0139.